The lowest BCUT2D eigenvalue weighted by molar-refractivity contribution is -0.122. The summed E-state index contributed by atoms with van der Waals surface area (Å²) in [6, 6.07) is 4.00. The summed E-state index contributed by atoms with van der Waals surface area (Å²) >= 11 is 0. The summed E-state index contributed by atoms with van der Waals surface area (Å²) in [4.78, 5) is 12.3. The number of amides is 1. The summed E-state index contributed by atoms with van der Waals surface area (Å²) in [5, 5.41) is 6.39. The lowest BCUT2D eigenvalue weighted by Gasteiger charge is -2.33. The quantitative estimate of drug-likeness (QED) is 0.822. The van der Waals surface area contributed by atoms with Crippen molar-refractivity contribution in [2.45, 2.75) is 56.9 Å². The van der Waals surface area contributed by atoms with Crippen molar-refractivity contribution in [3.05, 3.63) is 35.4 Å². The van der Waals surface area contributed by atoms with E-state index in [1.165, 1.54) is 37.8 Å². The Hall–Kier alpha value is -1.20. The lowest BCUT2D eigenvalue weighted by atomic mass is 9.85. The van der Waals surface area contributed by atoms with Gasteiger partial charge in [-0.15, -0.1) is 12.4 Å². The van der Waals surface area contributed by atoms with Crippen LogP contribution in [0, 0.1) is 17.6 Å². The Morgan fingerprint density at radius 3 is 2.64 bits per heavy atom. The average Bonchev–Trinajstić information content (AvgIpc) is 3.10. The van der Waals surface area contributed by atoms with Crippen molar-refractivity contribution in [3.8, 4) is 0 Å². The largest absolute Gasteiger partial charge is 0.351 e. The molecule has 2 atom stereocenters. The molecule has 6 heteroatoms. The summed E-state index contributed by atoms with van der Waals surface area (Å²) in [6.45, 7) is 1.48. The van der Waals surface area contributed by atoms with E-state index in [4.69, 9.17) is 0 Å². The molecule has 1 amide bonds. The predicted molar refractivity (Wildman–Crippen MR) is 97.0 cm³/mol. The zero-order valence-electron chi connectivity index (χ0n) is 14.4. The molecule has 1 aliphatic heterocycles. The number of halogens is 3. The Labute approximate surface area is 154 Å². The van der Waals surface area contributed by atoms with Gasteiger partial charge >= 0.3 is 0 Å². The summed E-state index contributed by atoms with van der Waals surface area (Å²) in [5.74, 6) is -0.857. The maximum absolute atomic E-state index is 13.5. The molecule has 25 heavy (non-hydrogen) atoms. The first kappa shape index (κ1) is 20.1. The fraction of sp³-hybridized carbons (Fsp3) is 0.632. The first-order valence-corrected chi connectivity index (χ1v) is 9.08. The zero-order chi connectivity index (χ0) is 16.9. The molecule has 1 saturated carbocycles. The fourth-order valence-electron chi connectivity index (χ4n) is 4.07. The maximum Gasteiger partial charge on any atom is 0.220 e. The van der Waals surface area contributed by atoms with Gasteiger partial charge in [0.25, 0.3) is 0 Å². The van der Waals surface area contributed by atoms with Crippen molar-refractivity contribution in [2.75, 3.05) is 13.1 Å². The van der Waals surface area contributed by atoms with Gasteiger partial charge in [-0.2, -0.15) is 0 Å². The van der Waals surface area contributed by atoms with Gasteiger partial charge in [0.1, 0.15) is 0 Å². The predicted octanol–water partition coefficient (Wildman–Crippen LogP) is 3.92. The van der Waals surface area contributed by atoms with E-state index in [1.54, 1.807) is 6.07 Å². The molecule has 1 aromatic rings. The summed E-state index contributed by atoms with van der Waals surface area (Å²) in [5.41, 5.74) is 0.761. The third-order valence-corrected chi connectivity index (χ3v) is 5.45. The molecule has 3 rings (SSSR count). The second kappa shape index (κ2) is 9.48. The highest BCUT2D eigenvalue weighted by molar-refractivity contribution is 5.85. The zero-order valence-corrected chi connectivity index (χ0v) is 15.2. The monoisotopic (exact) mass is 372 g/mol. The van der Waals surface area contributed by atoms with Crippen molar-refractivity contribution in [3.63, 3.8) is 0 Å². The van der Waals surface area contributed by atoms with Crippen LogP contribution >= 0.6 is 12.4 Å². The Balaban J connectivity index is 0.00000225. The van der Waals surface area contributed by atoms with E-state index in [-0.39, 0.29) is 30.3 Å². The number of rotatable bonds is 5. The molecule has 0 spiro atoms. The van der Waals surface area contributed by atoms with Crippen molar-refractivity contribution in [2.24, 2.45) is 5.92 Å². The second-order valence-corrected chi connectivity index (χ2v) is 7.14. The number of carbonyl (C=O) groups excluding carboxylic acids is 1. The molecule has 3 nitrogen and oxygen atoms in total. The second-order valence-electron chi connectivity index (χ2n) is 7.14. The third-order valence-electron chi connectivity index (χ3n) is 5.45. The molecule has 2 aliphatic rings. The van der Waals surface area contributed by atoms with Gasteiger partial charge in [0, 0.05) is 24.9 Å². The Morgan fingerprint density at radius 2 is 1.92 bits per heavy atom. The van der Waals surface area contributed by atoms with Crippen LogP contribution in [-0.4, -0.2) is 25.0 Å². The molecule has 0 radical (unpaired) electrons. The standard InChI is InChI=1S/C19H26F2N2O.ClH/c20-16-7-6-14(11-17(16)21)15-9-10-22-12-18(15)23-19(24)8-5-13-3-1-2-4-13;/h6-7,11,13,15,18,22H,1-5,8-10,12H2,(H,23,24);1H. The van der Waals surface area contributed by atoms with Crippen LogP contribution in [0.5, 0.6) is 0 Å². The molecule has 0 aromatic heterocycles. The van der Waals surface area contributed by atoms with E-state index >= 15 is 0 Å². The summed E-state index contributed by atoms with van der Waals surface area (Å²) < 4.78 is 26.7. The number of nitrogens with one attached hydrogen (secondary N) is 2. The highest BCUT2D eigenvalue weighted by Gasteiger charge is 2.28. The third kappa shape index (κ3) is 5.38. The van der Waals surface area contributed by atoms with E-state index in [1.807, 2.05) is 0 Å². The van der Waals surface area contributed by atoms with Crippen molar-refractivity contribution in [1.82, 2.24) is 10.6 Å². The van der Waals surface area contributed by atoms with Gasteiger partial charge in [-0.25, -0.2) is 8.78 Å². The molecular weight excluding hydrogens is 346 g/mol. The smallest absolute Gasteiger partial charge is 0.220 e. The fourth-order valence-corrected chi connectivity index (χ4v) is 4.07. The molecule has 1 heterocycles. The van der Waals surface area contributed by atoms with E-state index in [0.29, 0.717) is 18.9 Å². The minimum absolute atomic E-state index is 0. The van der Waals surface area contributed by atoms with Crippen LogP contribution in [0.15, 0.2) is 18.2 Å². The molecule has 1 saturated heterocycles. The summed E-state index contributed by atoms with van der Waals surface area (Å²) in [6.07, 6.45) is 7.39. The van der Waals surface area contributed by atoms with E-state index < -0.39 is 11.6 Å². The number of hydrogen-bond donors (Lipinski definition) is 2. The molecular formula is C19H27ClF2N2O. The van der Waals surface area contributed by atoms with Crippen LogP contribution in [0.1, 0.15) is 56.4 Å². The SMILES string of the molecule is Cl.O=C(CCC1CCCC1)NC1CNCCC1c1ccc(F)c(F)c1. The molecule has 1 aliphatic carbocycles. The van der Waals surface area contributed by atoms with Crippen LogP contribution in [-0.2, 0) is 4.79 Å². The van der Waals surface area contributed by atoms with E-state index in [0.717, 1.165) is 24.9 Å². The molecule has 1 aromatic carbocycles. The van der Waals surface area contributed by atoms with Crippen LogP contribution in [0.2, 0.25) is 0 Å². The van der Waals surface area contributed by atoms with Gasteiger partial charge < -0.3 is 10.6 Å². The van der Waals surface area contributed by atoms with E-state index in [9.17, 15) is 13.6 Å². The highest BCUT2D eigenvalue weighted by Crippen LogP contribution is 2.29. The molecule has 2 unspecified atom stereocenters. The van der Waals surface area contributed by atoms with Crippen molar-refractivity contribution in [1.29, 1.82) is 0 Å². The lowest BCUT2D eigenvalue weighted by Crippen LogP contribution is -2.50. The number of carbonyl (C=O) groups is 1. The van der Waals surface area contributed by atoms with Crippen molar-refractivity contribution >= 4 is 18.3 Å². The minimum Gasteiger partial charge on any atom is -0.351 e. The Morgan fingerprint density at radius 1 is 1.16 bits per heavy atom. The summed E-state index contributed by atoms with van der Waals surface area (Å²) in [7, 11) is 0. The molecule has 2 N–H and O–H groups in total. The van der Waals surface area contributed by atoms with Gasteiger partial charge in [0.15, 0.2) is 11.6 Å². The van der Waals surface area contributed by atoms with Crippen molar-refractivity contribution < 1.29 is 13.6 Å². The highest BCUT2D eigenvalue weighted by atomic mass is 35.5. The Bertz CT molecular complexity index is 579. The normalized spacial score (nSPS) is 23.9. The topological polar surface area (TPSA) is 41.1 Å². The Kier molecular flexibility index (Phi) is 7.63. The van der Waals surface area contributed by atoms with Gasteiger partial charge in [-0.1, -0.05) is 31.7 Å². The van der Waals surface area contributed by atoms with Gasteiger partial charge in [-0.3, -0.25) is 4.79 Å². The van der Waals surface area contributed by atoms with Crippen LogP contribution in [0.25, 0.3) is 0 Å². The minimum atomic E-state index is -0.829. The van der Waals surface area contributed by atoms with Crippen LogP contribution < -0.4 is 10.6 Å². The van der Waals surface area contributed by atoms with Crippen LogP contribution in [0.4, 0.5) is 8.78 Å². The van der Waals surface area contributed by atoms with Gasteiger partial charge in [0.2, 0.25) is 5.91 Å². The first-order valence-electron chi connectivity index (χ1n) is 9.08. The molecule has 140 valence electrons. The van der Waals surface area contributed by atoms with Crippen LogP contribution in [0.3, 0.4) is 0 Å². The molecule has 2 fully saturated rings. The number of hydrogen-bond acceptors (Lipinski definition) is 2. The number of benzene rings is 1. The molecule has 0 bridgehead atoms. The maximum atomic E-state index is 13.5. The van der Waals surface area contributed by atoms with Gasteiger partial charge in [-0.05, 0) is 43.0 Å². The van der Waals surface area contributed by atoms with E-state index in [2.05, 4.69) is 10.6 Å². The number of piperidine rings is 1. The first-order chi connectivity index (χ1) is 11.6. The average molecular weight is 373 g/mol. The van der Waals surface area contributed by atoms with Gasteiger partial charge in [0.05, 0.1) is 0 Å².